The average Bonchev–Trinajstić information content (AvgIpc) is 3.08. The quantitative estimate of drug-likeness (QED) is 0.899. The van der Waals surface area contributed by atoms with Crippen molar-refractivity contribution < 1.29 is 4.74 Å². The molecule has 116 valence electrons. The van der Waals surface area contributed by atoms with Crippen molar-refractivity contribution in [3.05, 3.63) is 0 Å². The standard InChI is InChI=1S/C15H25N5O/c1-16-13-17-14(20-9-5-6-10-20)19-15(18-13)21-11-12-7-3-2-4-8-12/h12H,2-11H2,1H3,(H,16,17,18,19). The Bertz CT molecular complexity index is 455. The van der Waals surface area contributed by atoms with Crippen LogP contribution in [0.3, 0.4) is 0 Å². The highest BCUT2D eigenvalue weighted by Crippen LogP contribution is 2.25. The van der Waals surface area contributed by atoms with Crippen LogP contribution >= 0.6 is 0 Å². The number of rotatable bonds is 5. The fraction of sp³-hybridized carbons (Fsp3) is 0.800. The molecular formula is C15H25N5O. The maximum absolute atomic E-state index is 5.86. The Morgan fingerprint density at radius 2 is 1.81 bits per heavy atom. The predicted octanol–water partition coefficient (Wildman–Crippen LogP) is 2.47. The maximum Gasteiger partial charge on any atom is 0.323 e. The lowest BCUT2D eigenvalue weighted by Gasteiger charge is -2.21. The van der Waals surface area contributed by atoms with Gasteiger partial charge in [0.25, 0.3) is 0 Å². The minimum Gasteiger partial charge on any atom is -0.463 e. The zero-order valence-corrected chi connectivity index (χ0v) is 12.8. The Balaban J connectivity index is 1.66. The van der Waals surface area contributed by atoms with E-state index in [4.69, 9.17) is 4.74 Å². The summed E-state index contributed by atoms with van der Waals surface area (Å²) >= 11 is 0. The highest BCUT2D eigenvalue weighted by molar-refractivity contribution is 5.38. The van der Waals surface area contributed by atoms with Crippen LogP contribution in [-0.2, 0) is 0 Å². The molecule has 0 radical (unpaired) electrons. The summed E-state index contributed by atoms with van der Waals surface area (Å²) in [5.74, 6) is 1.99. The third kappa shape index (κ3) is 3.74. The smallest absolute Gasteiger partial charge is 0.323 e. The summed E-state index contributed by atoms with van der Waals surface area (Å²) in [7, 11) is 1.83. The first-order valence-corrected chi connectivity index (χ1v) is 8.17. The van der Waals surface area contributed by atoms with Gasteiger partial charge in [0.05, 0.1) is 6.61 Å². The van der Waals surface area contributed by atoms with Crippen LogP contribution in [0.25, 0.3) is 0 Å². The average molecular weight is 291 g/mol. The van der Waals surface area contributed by atoms with Gasteiger partial charge in [-0.3, -0.25) is 0 Å². The lowest BCUT2D eigenvalue weighted by Crippen LogP contribution is -2.22. The molecule has 0 bridgehead atoms. The van der Waals surface area contributed by atoms with Gasteiger partial charge in [-0.05, 0) is 31.6 Å². The normalized spacial score (nSPS) is 19.8. The number of hydrogen-bond acceptors (Lipinski definition) is 6. The van der Waals surface area contributed by atoms with Gasteiger partial charge in [-0.1, -0.05) is 19.3 Å². The molecule has 0 unspecified atom stereocenters. The summed E-state index contributed by atoms with van der Waals surface area (Å²) in [6.45, 7) is 2.77. The van der Waals surface area contributed by atoms with Crippen LogP contribution in [-0.4, -0.2) is 41.7 Å². The molecule has 1 aromatic rings. The van der Waals surface area contributed by atoms with Crippen molar-refractivity contribution in [2.45, 2.75) is 44.9 Å². The lowest BCUT2D eigenvalue weighted by atomic mass is 9.90. The van der Waals surface area contributed by atoms with E-state index in [2.05, 4.69) is 25.2 Å². The van der Waals surface area contributed by atoms with Crippen molar-refractivity contribution in [2.24, 2.45) is 5.92 Å². The molecule has 1 saturated heterocycles. The second-order valence-electron chi connectivity index (χ2n) is 6.00. The molecule has 0 spiro atoms. The molecule has 6 nitrogen and oxygen atoms in total. The highest BCUT2D eigenvalue weighted by atomic mass is 16.5. The Morgan fingerprint density at radius 3 is 2.52 bits per heavy atom. The van der Waals surface area contributed by atoms with Crippen molar-refractivity contribution in [1.82, 2.24) is 15.0 Å². The number of hydrogen-bond donors (Lipinski definition) is 1. The van der Waals surface area contributed by atoms with Gasteiger partial charge >= 0.3 is 6.01 Å². The first-order chi connectivity index (χ1) is 10.3. The lowest BCUT2D eigenvalue weighted by molar-refractivity contribution is 0.196. The van der Waals surface area contributed by atoms with E-state index >= 15 is 0 Å². The van der Waals surface area contributed by atoms with Gasteiger partial charge in [0.2, 0.25) is 11.9 Å². The monoisotopic (exact) mass is 291 g/mol. The number of aromatic nitrogens is 3. The van der Waals surface area contributed by atoms with Crippen LogP contribution in [0.4, 0.5) is 11.9 Å². The SMILES string of the molecule is CNc1nc(OCC2CCCCC2)nc(N2CCCC2)n1. The van der Waals surface area contributed by atoms with E-state index in [0.717, 1.165) is 25.6 Å². The minimum atomic E-state index is 0.460. The van der Waals surface area contributed by atoms with Gasteiger partial charge in [0.15, 0.2) is 0 Å². The second kappa shape index (κ2) is 6.91. The Morgan fingerprint density at radius 1 is 1.05 bits per heavy atom. The molecule has 2 fully saturated rings. The number of ether oxygens (including phenoxy) is 1. The van der Waals surface area contributed by atoms with E-state index in [9.17, 15) is 0 Å². The molecule has 6 heteroatoms. The van der Waals surface area contributed by atoms with Gasteiger partial charge in [0, 0.05) is 20.1 Å². The number of anilines is 2. The molecule has 0 aromatic carbocycles. The Labute approximate surface area is 126 Å². The van der Waals surface area contributed by atoms with Crippen LogP contribution in [0.1, 0.15) is 44.9 Å². The molecule has 1 aliphatic heterocycles. The van der Waals surface area contributed by atoms with Crippen LogP contribution in [0.5, 0.6) is 6.01 Å². The van der Waals surface area contributed by atoms with Crippen LogP contribution in [0, 0.1) is 5.92 Å². The molecule has 0 atom stereocenters. The molecule has 2 heterocycles. The van der Waals surface area contributed by atoms with Crippen molar-refractivity contribution in [2.75, 3.05) is 37.0 Å². The molecule has 1 N–H and O–H groups in total. The topological polar surface area (TPSA) is 63.2 Å². The predicted molar refractivity (Wildman–Crippen MR) is 82.9 cm³/mol. The molecular weight excluding hydrogens is 266 g/mol. The number of nitrogens with zero attached hydrogens (tertiary/aromatic N) is 4. The summed E-state index contributed by atoms with van der Waals surface area (Å²) < 4.78 is 5.86. The summed E-state index contributed by atoms with van der Waals surface area (Å²) in [6.07, 6.45) is 8.97. The summed E-state index contributed by atoms with van der Waals surface area (Å²) in [6, 6.07) is 0.460. The van der Waals surface area contributed by atoms with Gasteiger partial charge in [0.1, 0.15) is 0 Å². The van der Waals surface area contributed by atoms with Gasteiger partial charge in [-0.25, -0.2) is 0 Å². The van der Waals surface area contributed by atoms with Gasteiger partial charge < -0.3 is 15.0 Å². The van der Waals surface area contributed by atoms with Crippen LogP contribution < -0.4 is 15.0 Å². The Kier molecular flexibility index (Phi) is 4.72. The van der Waals surface area contributed by atoms with Crippen molar-refractivity contribution in [3.63, 3.8) is 0 Å². The van der Waals surface area contributed by atoms with Crippen molar-refractivity contribution in [1.29, 1.82) is 0 Å². The van der Waals surface area contributed by atoms with Crippen molar-refractivity contribution >= 4 is 11.9 Å². The fourth-order valence-corrected chi connectivity index (χ4v) is 3.13. The zero-order valence-electron chi connectivity index (χ0n) is 12.8. The molecule has 2 aliphatic rings. The number of nitrogens with one attached hydrogen (secondary N) is 1. The first kappa shape index (κ1) is 14.4. The van der Waals surface area contributed by atoms with Gasteiger partial charge in [-0.15, -0.1) is 0 Å². The van der Waals surface area contributed by atoms with E-state index in [1.54, 1.807) is 0 Å². The van der Waals surface area contributed by atoms with E-state index in [1.165, 1.54) is 44.9 Å². The summed E-state index contributed by atoms with van der Waals surface area (Å²) in [5.41, 5.74) is 0. The second-order valence-corrected chi connectivity index (χ2v) is 6.00. The van der Waals surface area contributed by atoms with Crippen LogP contribution in [0.15, 0.2) is 0 Å². The maximum atomic E-state index is 5.86. The highest BCUT2D eigenvalue weighted by Gasteiger charge is 2.19. The first-order valence-electron chi connectivity index (χ1n) is 8.17. The largest absolute Gasteiger partial charge is 0.463 e. The summed E-state index contributed by atoms with van der Waals surface area (Å²) in [4.78, 5) is 15.5. The molecule has 21 heavy (non-hydrogen) atoms. The summed E-state index contributed by atoms with van der Waals surface area (Å²) in [5, 5.41) is 3.00. The zero-order chi connectivity index (χ0) is 14.5. The van der Waals surface area contributed by atoms with E-state index in [-0.39, 0.29) is 0 Å². The fourth-order valence-electron chi connectivity index (χ4n) is 3.13. The molecule has 3 rings (SSSR count). The van der Waals surface area contributed by atoms with Crippen molar-refractivity contribution in [3.8, 4) is 6.01 Å². The molecule has 1 saturated carbocycles. The minimum absolute atomic E-state index is 0.460. The molecule has 1 aromatic heterocycles. The molecule has 0 amide bonds. The van der Waals surface area contributed by atoms with E-state index in [0.29, 0.717) is 17.9 Å². The third-order valence-electron chi connectivity index (χ3n) is 4.39. The van der Waals surface area contributed by atoms with E-state index < -0.39 is 0 Å². The van der Waals surface area contributed by atoms with E-state index in [1.807, 2.05) is 7.05 Å². The van der Waals surface area contributed by atoms with Crippen LogP contribution in [0.2, 0.25) is 0 Å². The third-order valence-corrected chi connectivity index (χ3v) is 4.39. The molecule has 1 aliphatic carbocycles. The van der Waals surface area contributed by atoms with Gasteiger partial charge in [-0.2, -0.15) is 15.0 Å². The Hall–Kier alpha value is -1.59.